The van der Waals surface area contributed by atoms with Crippen molar-refractivity contribution in [2.45, 2.75) is 0 Å². The third-order valence-corrected chi connectivity index (χ3v) is 3.44. The van der Waals surface area contributed by atoms with Crippen LogP contribution in [0.2, 0.25) is 10.0 Å². The van der Waals surface area contributed by atoms with E-state index in [2.05, 4.69) is 15.9 Å². The summed E-state index contributed by atoms with van der Waals surface area (Å²) < 4.78 is 27.5. The minimum absolute atomic E-state index is 0.00498. The van der Waals surface area contributed by atoms with Gasteiger partial charge in [0.05, 0.1) is 10.0 Å². The van der Waals surface area contributed by atoms with Crippen molar-refractivity contribution in [3.05, 3.63) is 67.6 Å². The Balaban J connectivity index is 2.59. The number of halogens is 5. The molecule has 2 aromatic rings. The van der Waals surface area contributed by atoms with Crippen molar-refractivity contribution in [1.29, 1.82) is 0 Å². The van der Waals surface area contributed by atoms with E-state index in [4.69, 9.17) is 23.2 Å². The summed E-state index contributed by atoms with van der Waals surface area (Å²) in [6.07, 6.45) is 0. The molecule has 0 saturated heterocycles. The Morgan fingerprint density at radius 1 is 1.05 bits per heavy atom. The Morgan fingerprint density at radius 2 is 1.63 bits per heavy atom. The van der Waals surface area contributed by atoms with Gasteiger partial charge in [0.15, 0.2) is 11.6 Å². The predicted octanol–water partition coefficient (Wildman–Crippen LogP) is 5.27. The molecule has 0 fully saturated rings. The van der Waals surface area contributed by atoms with E-state index in [0.29, 0.717) is 0 Å². The molecule has 0 atom stereocenters. The highest BCUT2D eigenvalue weighted by atomic mass is 79.9. The molecule has 0 saturated carbocycles. The number of benzene rings is 2. The van der Waals surface area contributed by atoms with E-state index in [1.807, 2.05) is 0 Å². The first-order chi connectivity index (χ1) is 8.90. The van der Waals surface area contributed by atoms with Crippen molar-refractivity contribution in [1.82, 2.24) is 0 Å². The summed E-state index contributed by atoms with van der Waals surface area (Å²) in [4.78, 5) is 12.1. The first-order valence-corrected chi connectivity index (χ1v) is 6.59. The molecule has 98 valence electrons. The normalized spacial score (nSPS) is 10.6. The summed E-state index contributed by atoms with van der Waals surface area (Å²) in [6, 6.07) is 6.22. The molecule has 0 spiro atoms. The predicted molar refractivity (Wildman–Crippen MR) is 74.0 cm³/mol. The molecule has 6 heteroatoms. The van der Waals surface area contributed by atoms with Crippen LogP contribution in [0.4, 0.5) is 8.78 Å². The van der Waals surface area contributed by atoms with Gasteiger partial charge in [0.1, 0.15) is 5.82 Å². The fraction of sp³-hybridized carbons (Fsp3) is 0. The Kier molecular flexibility index (Phi) is 4.23. The van der Waals surface area contributed by atoms with Crippen LogP contribution in [0, 0.1) is 11.6 Å². The third-order valence-electron chi connectivity index (χ3n) is 2.40. The molecule has 1 nitrogen and oxygen atoms in total. The van der Waals surface area contributed by atoms with E-state index in [0.717, 1.165) is 6.07 Å². The number of hydrogen-bond acceptors (Lipinski definition) is 1. The lowest BCUT2D eigenvalue weighted by molar-refractivity contribution is 0.103. The van der Waals surface area contributed by atoms with Crippen molar-refractivity contribution < 1.29 is 13.6 Å². The maximum absolute atomic E-state index is 13.8. The molecule has 0 amide bonds. The summed E-state index contributed by atoms with van der Waals surface area (Å²) in [7, 11) is 0. The largest absolute Gasteiger partial charge is 0.288 e. The lowest BCUT2D eigenvalue weighted by Gasteiger charge is -2.06. The first-order valence-electron chi connectivity index (χ1n) is 5.04. The smallest absolute Gasteiger partial charge is 0.199 e. The monoisotopic (exact) mass is 364 g/mol. The van der Waals surface area contributed by atoms with Gasteiger partial charge in [-0.3, -0.25) is 4.79 Å². The highest BCUT2D eigenvalue weighted by Gasteiger charge is 2.21. The highest BCUT2D eigenvalue weighted by molar-refractivity contribution is 9.10. The molecule has 19 heavy (non-hydrogen) atoms. The lowest BCUT2D eigenvalue weighted by atomic mass is 10.0. The lowest BCUT2D eigenvalue weighted by Crippen LogP contribution is -2.08. The van der Waals surface area contributed by atoms with Crippen molar-refractivity contribution >= 4 is 44.9 Å². The Morgan fingerprint density at radius 3 is 2.21 bits per heavy atom. The number of carbonyl (C=O) groups excluding carboxylic acids is 1. The Labute approximate surface area is 126 Å². The molecule has 2 aromatic carbocycles. The van der Waals surface area contributed by atoms with E-state index in [1.165, 1.54) is 24.3 Å². The number of hydrogen-bond donors (Lipinski definition) is 0. The van der Waals surface area contributed by atoms with Crippen molar-refractivity contribution in [2.75, 3.05) is 0 Å². The summed E-state index contributed by atoms with van der Waals surface area (Å²) in [6.45, 7) is 0. The molecule has 0 aromatic heterocycles. The van der Waals surface area contributed by atoms with Crippen LogP contribution in [0.5, 0.6) is 0 Å². The molecular weight excluding hydrogens is 361 g/mol. The average molecular weight is 366 g/mol. The minimum Gasteiger partial charge on any atom is -0.288 e. The van der Waals surface area contributed by atoms with Crippen molar-refractivity contribution in [3.8, 4) is 0 Å². The molecular formula is C13H5BrCl2F2O. The SMILES string of the molecule is O=C(c1cc(Cl)cc(Cl)c1)c1c(F)ccc(Br)c1F. The van der Waals surface area contributed by atoms with Gasteiger partial charge in [0.2, 0.25) is 0 Å². The van der Waals surface area contributed by atoms with Crippen LogP contribution in [0.1, 0.15) is 15.9 Å². The minimum atomic E-state index is -0.957. The summed E-state index contributed by atoms with van der Waals surface area (Å²) >= 11 is 14.4. The highest BCUT2D eigenvalue weighted by Crippen LogP contribution is 2.26. The molecule has 0 bridgehead atoms. The molecule has 0 N–H and O–H groups in total. The van der Waals surface area contributed by atoms with E-state index >= 15 is 0 Å². The first kappa shape index (κ1) is 14.4. The van der Waals surface area contributed by atoms with Crippen molar-refractivity contribution in [2.24, 2.45) is 0 Å². The zero-order valence-corrected chi connectivity index (χ0v) is 12.3. The quantitative estimate of drug-likeness (QED) is 0.523. The Hall–Kier alpha value is -0.970. The van der Waals surface area contributed by atoms with Gasteiger partial charge in [-0.05, 0) is 46.3 Å². The molecule has 0 aliphatic carbocycles. The second kappa shape index (κ2) is 5.57. The van der Waals surface area contributed by atoms with E-state index in [9.17, 15) is 13.6 Å². The second-order valence-electron chi connectivity index (χ2n) is 3.71. The second-order valence-corrected chi connectivity index (χ2v) is 5.43. The van der Waals surface area contributed by atoms with E-state index in [-0.39, 0.29) is 20.1 Å². The van der Waals surface area contributed by atoms with E-state index < -0.39 is 23.0 Å². The summed E-state index contributed by atoms with van der Waals surface area (Å²) in [5, 5.41) is 0.429. The van der Waals surface area contributed by atoms with Gasteiger partial charge >= 0.3 is 0 Å². The van der Waals surface area contributed by atoms with Crippen LogP contribution in [-0.2, 0) is 0 Å². The van der Waals surface area contributed by atoms with Gasteiger partial charge in [-0.1, -0.05) is 23.2 Å². The van der Waals surface area contributed by atoms with Crippen LogP contribution in [0.25, 0.3) is 0 Å². The third kappa shape index (κ3) is 2.96. The fourth-order valence-electron chi connectivity index (χ4n) is 1.56. The van der Waals surface area contributed by atoms with Crippen LogP contribution >= 0.6 is 39.1 Å². The van der Waals surface area contributed by atoms with Crippen LogP contribution in [0.15, 0.2) is 34.8 Å². The van der Waals surface area contributed by atoms with Crippen LogP contribution in [-0.4, -0.2) is 5.78 Å². The van der Waals surface area contributed by atoms with Gasteiger partial charge in [0, 0.05) is 15.6 Å². The molecule has 2 rings (SSSR count). The maximum Gasteiger partial charge on any atom is 0.199 e. The summed E-state index contributed by atoms with van der Waals surface area (Å²) in [5.41, 5.74) is -0.624. The van der Waals surface area contributed by atoms with Crippen LogP contribution < -0.4 is 0 Å². The van der Waals surface area contributed by atoms with Gasteiger partial charge in [0.25, 0.3) is 0 Å². The van der Waals surface area contributed by atoms with E-state index in [1.54, 1.807) is 0 Å². The topological polar surface area (TPSA) is 17.1 Å². The number of rotatable bonds is 2. The molecule has 0 aliphatic rings. The molecule has 0 unspecified atom stereocenters. The summed E-state index contributed by atoms with van der Waals surface area (Å²) in [5.74, 6) is -2.72. The number of ketones is 1. The van der Waals surface area contributed by atoms with Gasteiger partial charge in [-0.2, -0.15) is 0 Å². The molecule has 0 aliphatic heterocycles. The standard InChI is InChI=1S/C13H5BrCl2F2O/c14-9-1-2-10(17)11(12(9)18)13(19)6-3-7(15)5-8(16)4-6/h1-5H. The number of carbonyl (C=O) groups is 1. The zero-order chi connectivity index (χ0) is 14.2. The average Bonchev–Trinajstić information content (AvgIpc) is 2.33. The van der Waals surface area contributed by atoms with Gasteiger partial charge in [-0.15, -0.1) is 0 Å². The van der Waals surface area contributed by atoms with Crippen molar-refractivity contribution in [3.63, 3.8) is 0 Å². The Bertz CT molecular complexity index is 654. The fourth-order valence-corrected chi connectivity index (χ4v) is 2.42. The van der Waals surface area contributed by atoms with Crippen LogP contribution in [0.3, 0.4) is 0 Å². The molecule has 0 heterocycles. The molecule has 0 radical (unpaired) electrons. The van der Waals surface area contributed by atoms with Gasteiger partial charge < -0.3 is 0 Å². The zero-order valence-electron chi connectivity index (χ0n) is 9.18. The maximum atomic E-state index is 13.8. The van der Waals surface area contributed by atoms with Gasteiger partial charge in [-0.25, -0.2) is 8.78 Å².